The summed E-state index contributed by atoms with van der Waals surface area (Å²) in [4.78, 5) is 11.6. The number of alkyl halides is 3. The van der Waals surface area contributed by atoms with Gasteiger partial charge in [-0.15, -0.1) is 10.2 Å². The molecule has 1 aliphatic carbocycles. The zero-order valence-electron chi connectivity index (χ0n) is 14.0. The fourth-order valence-electron chi connectivity index (χ4n) is 3.35. The highest BCUT2D eigenvalue weighted by molar-refractivity contribution is 6.15. The third-order valence-corrected chi connectivity index (χ3v) is 4.70. The molecule has 1 saturated carbocycles. The number of carboxylic acid groups (broad SMARTS) is 1. The minimum Gasteiger partial charge on any atom is -0.478 e. The van der Waals surface area contributed by atoms with Crippen LogP contribution in [0.1, 0.15) is 49.3 Å². The molecule has 0 saturated heterocycles. The summed E-state index contributed by atoms with van der Waals surface area (Å²) in [5.41, 5.74) is -2.88. The number of hydrogen-bond acceptors (Lipinski definition) is 5. The van der Waals surface area contributed by atoms with E-state index in [2.05, 4.69) is 20.7 Å². The van der Waals surface area contributed by atoms with Crippen molar-refractivity contribution in [3.05, 3.63) is 41.0 Å². The Morgan fingerprint density at radius 2 is 1.85 bits per heavy atom. The third kappa shape index (κ3) is 3.51. The minimum absolute atomic E-state index is 0.0101. The minimum atomic E-state index is -4.70. The summed E-state index contributed by atoms with van der Waals surface area (Å²) >= 11 is 0. The highest BCUT2D eigenvalue weighted by atomic mass is 19.4. The number of allylic oxidation sites excluding steroid dienone is 1. The predicted octanol–water partition coefficient (Wildman–Crippen LogP) is 5.37. The number of rotatable bonds is 4. The summed E-state index contributed by atoms with van der Waals surface area (Å²) in [5.74, 6) is -1.17. The lowest BCUT2D eigenvalue weighted by atomic mass is 9.91. The van der Waals surface area contributed by atoms with Gasteiger partial charge in [0.1, 0.15) is 0 Å². The van der Waals surface area contributed by atoms with Crippen molar-refractivity contribution in [2.75, 3.05) is 0 Å². The van der Waals surface area contributed by atoms with Crippen molar-refractivity contribution in [1.82, 2.24) is 0 Å². The van der Waals surface area contributed by atoms with E-state index in [1.165, 1.54) is 19.1 Å². The molecule has 0 bridgehead atoms. The molecule has 1 aromatic rings. The number of benzene rings is 1. The third-order valence-electron chi connectivity index (χ3n) is 4.70. The Morgan fingerprint density at radius 1 is 1.23 bits per heavy atom. The number of carboxylic acids is 1. The van der Waals surface area contributed by atoms with Gasteiger partial charge in [0.15, 0.2) is 0 Å². The molecular formula is C17H17F3N4O2. The molecule has 138 valence electrons. The molecule has 0 unspecified atom stereocenters. The molecule has 1 aliphatic heterocycles. The number of nitrogens with zero attached hydrogens (tertiary/aromatic N) is 4. The van der Waals surface area contributed by atoms with Crippen molar-refractivity contribution < 1.29 is 23.1 Å². The van der Waals surface area contributed by atoms with Crippen LogP contribution in [-0.4, -0.2) is 11.1 Å². The van der Waals surface area contributed by atoms with Crippen LogP contribution in [0.5, 0.6) is 0 Å². The standard InChI is InChI=1S/C17H17F3N4O2/c1-16(21-23-24-22-16)13-7-6-11(9-14(13)17(18,19)20)12(15(25)26)8-10-4-2-3-5-10/h6-10H,2-5H2,1H3,(H,25,26)/b12-8+. The molecule has 26 heavy (non-hydrogen) atoms. The van der Waals surface area contributed by atoms with Gasteiger partial charge >= 0.3 is 12.1 Å². The summed E-state index contributed by atoms with van der Waals surface area (Å²) < 4.78 is 40.8. The van der Waals surface area contributed by atoms with E-state index in [1.54, 1.807) is 6.08 Å². The second kappa shape index (κ2) is 6.62. The Kier molecular flexibility index (Phi) is 4.64. The van der Waals surface area contributed by atoms with E-state index >= 15 is 0 Å². The van der Waals surface area contributed by atoms with Crippen LogP contribution in [0.2, 0.25) is 0 Å². The molecule has 0 amide bonds. The van der Waals surface area contributed by atoms with E-state index in [-0.39, 0.29) is 22.6 Å². The average molecular weight is 366 g/mol. The highest BCUT2D eigenvalue weighted by Crippen LogP contribution is 2.42. The number of carbonyl (C=O) groups is 1. The fourth-order valence-corrected chi connectivity index (χ4v) is 3.35. The Balaban J connectivity index is 2.10. The van der Waals surface area contributed by atoms with Crippen molar-refractivity contribution in [3.8, 4) is 0 Å². The van der Waals surface area contributed by atoms with E-state index in [1.807, 2.05) is 0 Å². The van der Waals surface area contributed by atoms with Gasteiger partial charge in [-0.2, -0.15) is 13.2 Å². The van der Waals surface area contributed by atoms with Crippen LogP contribution in [0, 0.1) is 5.92 Å². The molecule has 2 aliphatic rings. The largest absolute Gasteiger partial charge is 0.478 e. The molecule has 1 fully saturated rings. The van der Waals surface area contributed by atoms with Crippen molar-refractivity contribution in [1.29, 1.82) is 0 Å². The lowest BCUT2D eigenvalue weighted by molar-refractivity contribution is -0.139. The van der Waals surface area contributed by atoms with Gasteiger partial charge < -0.3 is 5.11 Å². The smallest absolute Gasteiger partial charge is 0.416 e. The van der Waals surface area contributed by atoms with E-state index < -0.39 is 23.4 Å². The monoisotopic (exact) mass is 366 g/mol. The predicted molar refractivity (Wildman–Crippen MR) is 86.1 cm³/mol. The van der Waals surface area contributed by atoms with Gasteiger partial charge in [-0.25, -0.2) is 4.79 Å². The first-order valence-corrected chi connectivity index (χ1v) is 8.22. The molecule has 0 aromatic heterocycles. The van der Waals surface area contributed by atoms with Gasteiger partial charge in [0.05, 0.1) is 11.1 Å². The highest BCUT2D eigenvalue weighted by Gasteiger charge is 2.42. The van der Waals surface area contributed by atoms with Gasteiger partial charge in [0.25, 0.3) is 0 Å². The number of hydrogen-bond donors (Lipinski definition) is 1. The second-order valence-corrected chi connectivity index (χ2v) is 6.59. The van der Waals surface area contributed by atoms with E-state index in [0.717, 1.165) is 31.7 Å². The first kappa shape index (κ1) is 18.2. The normalized spacial score (nSPS) is 20.1. The van der Waals surface area contributed by atoms with E-state index in [4.69, 9.17) is 0 Å². The zero-order chi connectivity index (χ0) is 18.9. The van der Waals surface area contributed by atoms with Gasteiger partial charge in [0.2, 0.25) is 5.66 Å². The topological polar surface area (TPSA) is 86.7 Å². The molecule has 0 atom stereocenters. The SMILES string of the molecule is CC1(c2ccc(/C(=C\C3CCCC3)C(=O)O)cc2C(F)(F)F)N=NN=N1. The second-order valence-electron chi connectivity index (χ2n) is 6.59. The summed E-state index contributed by atoms with van der Waals surface area (Å²) in [6, 6.07) is 3.40. The lowest BCUT2D eigenvalue weighted by Gasteiger charge is -2.21. The van der Waals surface area contributed by atoms with Crippen LogP contribution >= 0.6 is 0 Å². The Bertz CT molecular complexity index is 797. The van der Waals surface area contributed by atoms with Crippen LogP contribution in [-0.2, 0) is 16.6 Å². The summed E-state index contributed by atoms with van der Waals surface area (Å²) in [7, 11) is 0. The molecule has 1 N–H and O–H groups in total. The van der Waals surface area contributed by atoms with Crippen LogP contribution < -0.4 is 0 Å². The molecule has 9 heteroatoms. The van der Waals surface area contributed by atoms with Gasteiger partial charge in [-0.1, -0.05) is 31.1 Å². The molecule has 0 radical (unpaired) electrons. The van der Waals surface area contributed by atoms with Crippen molar-refractivity contribution in [2.45, 2.75) is 44.4 Å². The average Bonchev–Trinajstić information content (AvgIpc) is 3.23. The van der Waals surface area contributed by atoms with E-state index in [0.29, 0.717) is 0 Å². The first-order chi connectivity index (χ1) is 12.2. The fraction of sp³-hybridized carbons (Fsp3) is 0.471. The zero-order valence-corrected chi connectivity index (χ0v) is 14.0. The van der Waals surface area contributed by atoms with Gasteiger partial charge in [-0.05, 0) is 47.8 Å². The Morgan fingerprint density at radius 3 is 2.38 bits per heavy atom. The number of aliphatic carboxylic acids is 1. The van der Waals surface area contributed by atoms with Crippen LogP contribution in [0.4, 0.5) is 13.2 Å². The Hall–Kier alpha value is -2.58. The molecular weight excluding hydrogens is 349 g/mol. The first-order valence-electron chi connectivity index (χ1n) is 8.22. The molecule has 0 spiro atoms. The molecule has 1 aromatic carbocycles. The quantitative estimate of drug-likeness (QED) is 0.726. The molecule has 1 heterocycles. The maximum atomic E-state index is 13.6. The summed E-state index contributed by atoms with van der Waals surface area (Å²) in [6.07, 6.45) is 0.560. The lowest BCUT2D eigenvalue weighted by Crippen LogP contribution is -2.21. The van der Waals surface area contributed by atoms with Crippen LogP contribution in [0.15, 0.2) is 45.0 Å². The van der Waals surface area contributed by atoms with Crippen LogP contribution in [0.25, 0.3) is 5.57 Å². The maximum Gasteiger partial charge on any atom is 0.416 e. The van der Waals surface area contributed by atoms with E-state index in [9.17, 15) is 23.1 Å². The van der Waals surface area contributed by atoms with Crippen molar-refractivity contribution in [3.63, 3.8) is 0 Å². The van der Waals surface area contributed by atoms with Gasteiger partial charge in [-0.3, -0.25) is 0 Å². The van der Waals surface area contributed by atoms with Crippen LogP contribution in [0.3, 0.4) is 0 Å². The number of halogens is 3. The van der Waals surface area contributed by atoms with Crippen molar-refractivity contribution in [2.24, 2.45) is 26.6 Å². The molecule has 6 nitrogen and oxygen atoms in total. The maximum absolute atomic E-state index is 13.6. The Labute approximate surface area is 147 Å². The summed E-state index contributed by atoms with van der Waals surface area (Å²) in [5, 5.41) is 23.4. The van der Waals surface area contributed by atoms with Crippen molar-refractivity contribution >= 4 is 11.5 Å². The van der Waals surface area contributed by atoms with Gasteiger partial charge in [0, 0.05) is 5.56 Å². The molecule has 3 rings (SSSR count). The summed E-state index contributed by atoms with van der Waals surface area (Å²) in [6.45, 7) is 1.36.